The third kappa shape index (κ3) is 5.08. The molecule has 5 rings (SSSR count). The van der Waals surface area contributed by atoms with Gasteiger partial charge in [0.15, 0.2) is 0 Å². The Kier molecular flexibility index (Phi) is 6.48. The number of hydrogen-bond acceptors (Lipinski definition) is 6. The van der Waals surface area contributed by atoms with E-state index in [1.807, 2.05) is 17.7 Å². The summed E-state index contributed by atoms with van der Waals surface area (Å²) in [6, 6.07) is 8.89. The fourth-order valence-electron chi connectivity index (χ4n) is 4.65. The number of carbonyl (C=O) groups excluding carboxylic acids is 1. The molecule has 3 aromatic rings. The van der Waals surface area contributed by atoms with Gasteiger partial charge in [0.1, 0.15) is 29.7 Å². The van der Waals surface area contributed by atoms with Gasteiger partial charge in [0.05, 0.1) is 13.2 Å². The molecule has 8 nitrogen and oxygen atoms in total. The molecular formula is C25H26F4N6O2. The van der Waals surface area contributed by atoms with E-state index < -0.39 is 30.0 Å². The third-order valence-electron chi connectivity index (χ3n) is 7.06. The average Bonchev–Trinajstić information content (AvgIpc) is 3.22. The molecule has 37 heavy (non-hydrogen) atoms. The predicted octanol–water partition coefficient (Wildman–Crippen LogP) is 3.71. The van der Waals surface area contributed by atoms with Crippen LogP contribution in [-0.4, -0.2) is 63.0 Å². The Morgan fingerprint density at radius 1 is 1.24 bits per heavy atom. The minimum absolute atomic E-state index is 0.138. The van der Waals surface area contributed by atoms with Gasteiger partial charge in [-0.2, -0.15) is 13.2 Å². The quantitative estimate of drug-likeness (QED) is 0.480. The summed E-state index contributed by atoms with van der Waals surface area (Å²) in [6.07, 6.45) is -3.54. The molecule has 4 heterocycles. The van der Waals surface area contributed by atoms with Crippen molar-refractivity contribution in [1.29, 1.82) is 0 Å². The second-order valence-corrected chi connectivity index (χ2v) is 9.74. The molecule has 1 amide bonds. The maximum absolute atomic E-state index is 13.6. The predicted molar refractivity (Wildman–Crippen MR) is 126 cm³/mol. The number of carbonyl (C=O) groups is 1. The highest BCUT2D eigenvalue weighted by Gasteiger charge is 2.42. The molecule has 2 aliphatic heterocycles. The summed E-state index contributed by atoms with van der Waals surface area (Å²) in [7, 11) is 1.86. The summed E-state index contributed by atoms with van der Waals surface area (Å²) < 4.78 is 61.4. The average molecular weight is 519 g/mol. The van der Waals surface area contributed by atoms with Crippen molar-refractivity contribution in [1.82, 2.24) is 24.6 Å². The van der Waals surface area contributed by atoms with E-state index in [9.17, 15) is 22.4 Å². The van der Waals surface area contributed by atoms with E-state index in [1.165, 1.54) is 6.07 Å². The number of aryl methyl sites for hydroxylation is 1. The van der Waals surface area contributed by atoms with Gasteiger partial charge in [-0.3, -0.25) is 9.69 Å². The summed E-state index contributed by atoms with van der Waals surface area (Å²) in [5.41, 5.74) is -0.303. The van der Waals surface area contributed by atoms with E-state index in [2.05, 4.69) is 20.5 Å². The number of pyridine rings is 1. The number of nitrogens with zero attached hydrogens (tertiary/aromatic N) is 5. The zero-order valence-electron chi connectivity index (χ0n) is 20.3. The molecule has 2 saturated heterocycles. The number of aromatic nitrogens is 4. The molecule has 2 fully saturated rings. The van der Waals surface area contributed by atoms with Crippen LogP contribution in [0.4, 0.5) is 23.2 Å². The molecule has 12 heteroatoms. The minimum atomic E-state index is -4.74. The minimum Gasteiger partial charge on any atom is -0.379 e. The number of amides is 1. The van der Waals surface area contributed by atoms with Crippen LogP contribution >= 0.6 is 0 Å². The van der Waals surface area contributed by atoms with Crippen LogP contribution in [0.3, 0.4) is 0 Å². The summed E-state index contributed by atoms with van der Waals surface area (Å²) in [5, 5.41) is 10.8. The molecule has 0 saturated carbocycles. The van der Waals surface area contributed by atoms with Crippen LogP contribution in [-0.2, 0) is 29.8 Å². The molecule has 0 radical (unpaired) electrons. The Morgan fingerprint density at radius 3 is 2.59 bits per heavy atom. The Labute approximate surface area is 210 Å². The fourth-order valence-corrected chi connectivity index (χ4v) is 4.65. The maximum atomic E-state index is 13.6. The largest absolute Gasteiger partial charge is 0.433 e. The van der Waals surface area contributed by atoms with Crippen LogP contribution in [0.15, 0.2) is 42.7 Å². The first-order chi connectivity index (χ1) is 17.5. The molecule has 0 aliphatic carbocycles. The van der Waals surface area contributed by atoms with Crippen molar-refractivity contribution in [2.24, 2.45) is 7.05 Å². The smallest absolute Gasteiger partial charge is 0.379 e. The van der Waals surface area contributed by atoms with Crippen LogP contribution in [0.25, 0.3) is 0 Å². The van der Waals surface area contributed by atoms with E-state index in [-0.39, 0.29) is 29.8 Å². The van der Waals surface area contributed by atoms with Crippen LogP contribution in [0.1, 0.15) is 46.1 Å². The van der Waals surface area contributed by atoms with Crippen molar-refractivity contribution in [3.8, 4) is 0 Å². The van der Waals surface area contributed by atoms with E-state index in [1.54, 1.807) is 36.4 Å². The highest BCUT2D eigenvalue weighted by Crippen LogP contribution is 2.37. The highest BCUT2D eigenvalue weighted by molar-refractivity contribution is 6.03. The number of rotatable bonds is 7. The van der Waals surface area contributed by atoms with Gasteiger partial charge in [-0.05, 0) is 42.3 Å². The fraction of sp³-hybridized carbons (Fsp3) is 0.440. The molecule has 0 spiro atoms. The van der Waals surface area contributed by atoms with Crippen molar-refractivity contribution in [2.45, 2.75) is 37.1 Å². The zero-order valence-corrected chi connectivity index (χ0v) is 20.3. The molecule has 2 aromatic heterocycles. The first-order valence-corrected chi connectivity index (χ1v) is 11.8. The van der Waals surface area contributed by atoms with Gasteiger partial charge in [-0.15, -0.1) is 10.2 Å². The van der Waals surface area contributed by atoms with Crippen molar-refractivity contribution >= 4 is 11.6 Å². The van der Waals surface area contributed by atoms with E-state index in [0.717, 1.165) is 17.5 Å². The summed E-state index contributed by atoms with van der Waals surface area (Å²) in [6.45, 7) is 2.88. The van der Waals surface area contributed by atoms with E-state index in [4.69, 9.17) is 4.74 Å². The molecule has 0 bridgehead atoms. The van der Waals surface area contributed by atoms with Crippen molar-refractivity contribution < 1.29 is 27.1 Å². The van der Waals surface area contributed by atoms with Crippen molar-refractivity contribution in [2.75, 3.05) is 31.6 Å². The van der Waals surface area contributed by atoms with Gasteiger partial charge < -0.3 is 14.6 Å². The molecule has 0 unspecified atom stereocenters. The summed E-state index contributed by atoms with van der Waals surface area (Å²) >= 11 is 0. The first-order valence-electron chi connectivity index (χ1n) is 11.8. The normalized spacial score (nSPS) is 18.6. The van der Waals surface area contributed by atoms with Crippen LogP contribution < -0.4 is 5.32 Å². The lowest BCUT2D eigenvalue weighted by molar-refractivity contribution is -0.141. The number of halogens is 4. The Bertz CT molecular complexity index is 1300. The van der Waals surface area contributed by atoms with Gasteiger partial charge in [-0.25, -0.2) is 9.37 Å². The number of ether oxygens (including phenoxy) is 1. The van der Waals surface area contributed by atoms with Crippen molar-refractivity contribution in [3.63, 3.8) is 0 Å². The standard InChI is InChI=1S/C25H26F4N6O2/c1-15(35-10-18(26)11-35)16-6-20(32-21(7-16)25(27,28)29)23(36)31-19-5-3-4-17(8-19)24(12-37-13-24)9-22-33-30-14-34(22)2/h3-8,14-15,18H,9-13H2,1-2H3,(H,31,36)/t15-/m1/s1. The number of benzene rings is 1. The third-order valence-corrected chi connectivity index (χ3v) is 7.06. The summed E-state index contributed by atoms with van der Waals surface area (Å²) in [4.78, 5) is 18.4. The molecule has 1 aromatic carbocycles. The molecule has 196 valence electrons. The van der Waals surface area contributed by atoms with Gasteiger partial charge >= 0.3 is 6.18 Å². The van der Waals surface area contributed by atoms with Crippen molar-refractivity contribution in [3.05, 3.63) is 71.1 Å². The lowest BCUT2D eigenvalue weighted by atomic mass is 9.75. The lowest BCUT2D eigenvalue weighted by Gasteiger charge is -2.41. The van der Waals surface area contributed by atoms with Crippen LogP contribution in [0.5, 0.6) is 0 Å². The Morgan fingerprint density at radius 2 is 2.00 bits per heavy atom. The lowest BCUT2D eigenvalue weighted by Crippen LogP contribution is -2.49. The Balaban J connectivity index is 1.39. The summed E-state index contributed by atoms with van der Waals surface area (Å²) in [5.74, 6) is 0.0183. The highest BCUT2D eigenvalue weighted by atomic mass is 19.4. The van der Waals surface area contributed by atoms with E-state index in [0.29, 0.717) is 25.3 Å². The molecule has 2 aliphatic rings. The number of alkyl halides is 4. The van der Waals surface area contributed by atoms with Crippen LogP contribution in [0.2, 0.25) is 0 Å². The zero-order chi connectivity index (χ0) is 26.4. The Hall–Kier alpha value is -3.38. The first kappa shape index (κ1) is 25.3. The maximum Gasteiger partial charge on any atom is 0.433 e. The molecule has 1 N–H and O–H groups in total. The monoisotopic (exact) mass is 518 g/mol. The van der Waals surface area contributed by atoms with E-state index >= 15 is 0 Å². The van der Waals surface area contributed by atoms with Crippen LogP contribution in [0, 0.1) is 0 Å². The number of anilines is 1. The number of likely N-dealkylation sites (tertiary alicyclic amines) is 1. The van der Waals surface area contributed by atoms with Gasteiger partial charge in [0.25, 0.3) is 5.91 Å². The molecular weight excluding hydrogens is 492 g/mol. The molecule has 1 atom stereocenters. The SMILES string of the molecule is C[C@H](c1cc(C(=O)Nc2cccc(C3(Cc4nncn4C)COC3)c2)nc(C(F)(F)F)c1)N1CC(F)C1. The second kappa shape index (κ2) is 9.49. The topological polar surface area (TPSA) is 85.2 Å². The van der Waals surface area contributed by atoms with Gasteiger partial charge in [0.2, 0.25) is 0 Å². The van der Waals surface area contributed by atoms with Gasteiger partial charge in [-0.1, -0.05) is 12.1 Å². The second-order valence-electron chi connectivity index (χ2n) is 9.74. The number of hydrogen-bond donors (Lipinski definition) is 1. The number of nitrogens with one attached hydrogen (secondary N) is 1. The van der Waals surface area contributed by atoms with Gasteiger partial charge in [0, 0.05) is 43.7 Å².